The zero-order chi connectivity index (χ0) is 11.1. The Morgan fingerprint density at radius 2 is 2.40 bits per heavy atom. The Bertz CT molecular complexity index is 236. The standard InChI is InChI=1S/C12H21NO2/c1-4-11-9-12(14-3)6-8-15-10(2)5-7-13-11/h5,7,11-12H,4,6,8-9H2,1-3H3/b10-5+,13-7?. The van der Waals surface area contributed by atoms with E-state index in [2.05, 4.69) is 11.9 Å². The van der Waals surface area contributed by atoms with E-state index >= 15 is 0 Å². The maximum absolute atomic E-state index is 5.51. The molecule has 1 aliphatic heterocycles. The monoisotopic (exact) mass is 211 g/mol. The lowest BCUT2D eigenvalue weighted by Crippen LogP contribution is -2.20. The van der Waals surface area contributed by atoms with Crippen molar-refractivity contribution in [2.45, 2.75) is 45.3 Å². The van der Waals surface area contributed by atoms with E-state index in [1.807, 2.05) is 19.2 Å². The molecule has 0 fully saturated rings. The highest BCUT2D eigenvalue weighted by Crippen LogP contribution is 2.14. The first-order valence-corrected chi connectivity index (χ1v) is 5.62. The molecule has 0 bridgehead atoms. The SMILES string of the molecule is CCC1CC(OC)CCO/C(C)=C/C=N1. The van der Waals surface area contributed by atoms with E-state index in [0.29, 0.717) is 6.04 Å². The van der Waals surface area contributed by atoms with Crippen molar-refractivity contribution < 1.29 is 9.47 Å². The third-order valence-electron chi connectivity index (χ3n) is 2.72. The van der Waals surface area contributed by atoms with E-state index in [9.17, 15) is 0 Å². The van der Waals surface area contributed by atoms with Crippen LogP contribution in [0.1, 0.15) is 33.1 Å². The van der Waals surface area contributed by atoms with Gasteiger partial charge >= 0.3 is 0 Å². The van der Waals surface area contributed by atoms with Crippen molar-refractivity contribution in [3.8, 4) is 0 Å². The van der Waals surface area contributed by atoms with Crippen LogP contribution in [0.2, 0.25) is 0 Å². The zero-order valence-corrected chi connectivity index (χ0v) is 9.90. The summed E-state index contributed by atoms with van der Waals surface area (Å²) in [7, 11) is 1.76. The molecule has 0 N–H and O–H groups in total. The van der Waals surface area contributed by atoms with Crippen LogP contribution in [0.3, 0.4) is 0 Å². The molecule has 86 valence electrons. The molecular formula is C12H21NO2. The maximum atomic E-state index is 5.51. The molecule has 0 amide bonds. The van der Waals surface area contributed by atoms with Crippen molar-refractivity contribution in [3.63, 3.8) is 0 Å². The summed E-state index contributed by atoms with van der Waals surface area (Å²) < 4.78 is 10.9. The first-order chi connectivity index (χ1) is 7.26. The van der Waals surface area contributed by atoms with Gasteiger partial charge in [-0.1, -0.05) is 6.92 Å². The van der Waals surface area contributed by atoms with Crippen molar-refractivity contribution in [2.24, 2.45) is 4.99 Å². The zero-order valence-electron chi connectivity index (χ0n) is 9.90. The maximum Gasteiger partial charge on any atom is 0.0944 e. The smallest absolute Gasteiger partial charge is 0.0944 e. The number of hydrogen-bond acceptors (Lipinski definition) is 3. The van der Waals surface area contributed by atoms with Crippen LogP contribution in [0, 0.1) is 0 Å². The van der Waals surface area contributed by atoms with Gasteiger partial charge in [-0.05, 0) is 25.8 Å². The van der Waals surface area contributed by atoms with Crippen molar-refractivity contribution in [2.75, 3.05) is 13.7 Å². The summed E-state index contributed by atoms with van der Waals surface area (Å²) in [6.07, 6.45) is 7.02. The lowest BCUT2D eigenvalue weighted by atomic mass is 10.1. The molecule has 0 radical (unpaired) electrons. The molecule has 0 saturated carbocycles. The molecule has 3 nitrogen and oxygen atoms in total. The summed E-state index contributed by atoms with van der Waals surface area (Å²) in [6.45, 7) is 4.84. The normalized spacial score (nSPS) is 31.5. The van der Waals surface area contributed by atoms with Crippen LogP contribution < -0.4 is 0 Å². The Hall–Kier alpha value is -0.830. The highest BCUT2D eigenvalue weighted by Gasteiger charge is 2.14. The fourth-order valence-electron chi connectivity index (χ4n) is 1.64. The number of methoxy groups -OCH3 is 1. The lowest BCUT2D eigenvalue weighted by Gasteiger charge is -2.20. The third-order valence-corrected chi connectivity index (χ3v) is 2.72. The van der Waals surface area contributed by atoms with Gasteiger partial charge < -0.3 is 9.47 Å². The number of aliphatic imine (C=N–C) groups is 1. The van der Waals surface area contributed by atoms with Crippen molar-refractivity contribution in [3.05, 3.63) is 11.8 Å². The summed E-state index contributed by atoms with van der Waals surface area (Å²) in [5.41, 5.74) is 0. The molecule has 0 aliphatic carbocycles. The molecule has 15 heavy (non-hydrogen) atoms. The molecule has 2 atom stereocenters. The molecule has 0 aromatic heterocycles. The predicted octanol–water partition coefficient (Wildman–Crippen LogP) is 2.57. The first kappa shape index (κ1) is 12.2. The van der Waals surface area contributed by atoms with Gasteiger partial charge in [0.15, 0.2) is 0 Å². The van der Waals surface area contributed by atoms with Gasteiger partial charge in [0.05, 0.1) is 24.5 Å². The van der Waals surface area contributed by atoms with E-state index in [0.717, 1.165) is 31.6 Å². The Kier molecular flexibility index (Phi) is 5.40. The van der Waals surface area contributed by atoms with Gasteiger partial charge in [-0.25, -0.2) is 0 Å². The molecule has 0 saturated heterocycles. The topological polar surface area (TPSA) is 30.8 Å². The fraction of sp³-hybridized carbons (Fsp3) is 0.750. The van der Waals surface area contributed by atoms with Crippen LogP contribution in [0.4, 0.5) is 0 Å². The van der Waals surface area contributed by atoms with Crippen LogP contribution in [-0.4, -0.2) is 32.1 Å². The van der Waals surface area contributed by atoms with Crippen LogP contribution in [0.25, 0.3) is 0 Å². The van der Waals surface area contributed by atoms with Crippen molar-refractivity contribution >= 4 is 6.21 Å². The second kappa shape index (κ2) is 6.62. The van der Waals surface area contributed by atoms with Gasteiger partial charge in [-0.15, -0.1) is 0 Å². The minimum absolute atomic E-state index is 0.262. The van der Waals surface area contributed by atoms with Crippen LogP contribution >= 0.6 is 0 Å². The van der Waals surface area contributed by atoms with E-state index in [1.54, 1.807) is 7.11 Å². The summed E-state index contributed by atoms with van der Waals surface area (Å²) in [5, 5.41) is 0. The second-order valence-electron chi connectivity index (χ2n) is 3.87. The highest BCUT2D eigenvalue weighted by atomic mass is 16.5. The number of ether oxygens (including phenoxy) is 2. The number of nitrogens with zero attached hydrogens (tertiary/aromatic N) is 1. The molecule has 1 rings (SSSR count). The largest absolute Gasteiger partial charge is 0.498 e. The number of hydrogen-bond donors (Lipinski definition) is 0. The van der Waals surface area contributed by atoms with Gasteiger partial charge in [0, 0.05) is 19.7 Å². The summed E-state index contributed by atoms with van der Waals surface area (Å²) in [6, 6.07) is 0.372. The minimum Gasteiger partial charge on any atom is -0.498 e. The Morgan fingerprint density at radius 3 is 3.07 bits per heavy atom. The molecule has 0 aromatic carbocycles. The average molecular weight is 211 g/mol. The molecular weight excluding hydrogens is 190 g/mol. The molecule has 3 heteroatoms. The summed E-state index contributed by atoms with van der Waals surface area (Å²) >= 11 is 0. The van der Waals surface area contributed by atoms with Gasteiger partial charge in [0.1, 0.15) is 0 Å². The molecule has 0 spiro atoms. The van der Waals surface area contributed by atoms with Crippen molar-refractivity contribution in [1.82, 2.24) is 0 Å². The van der Waals surface area contributed by atoms with Crippen molar-refractivity contribution in [1.29, 1.82) is 0 Å². The Labute approximate surface area is 92.2 Å². The van der Waals surface area contributed by atoms with Gasteiger partial charge in [0.2, 0.25) is 0 Å². The Morgan fingerprint density at radius 1 is 1.60 bits per heavy atom. The molecule has 2 unspecified atom stereocenters. The van der Waals surface area contributed by atoms with Gasteiger partial charge in [-0.2, -0.15) is 0 Å². The molecule has 1 heterocycles. The lowest BCUT2D eigenvalue weighted by molar-refractivity contribution is 0.0587. The van der Waals surface area contributed by atoms with E-state index in [1.165, 1.54) is 0 Å². The number of rotatable bonds is 2. The first-order valence-electron chi connectivity index (χ1n) is 5.62. The quantitative estimate of drug-likeness (QED) is 0.703. The summed E-state index contributed by atoms with van der Waals surface area (Å²) in [5.74, 6) is 0.922. The van der Waals surface area contributed by atoms with Gasteiger partial charge in [-0.3, -0.25) is 4.99 Å². The van der Waals surface area contributed by atoms with E-state index in [4.69, 9.17) is 9.47 Å². The summed E-state index contributed by atoms with van der Waals surface area (Å²) in [4.78, 5) is 4.49. The van der Waals surface area contributed by atoms with Crippen LogP contribution in [0.15, 0.2) is 16.8 Å². The van der Waals surface area contributed by atoms with Crippen LogP contribution in [0.5, 0.6) is 0 Å². The predicted molar refractivity (Wildman–Crippen MR) is 62.3 cm³/mol. The Balaban J connectivity index is 2.64. The number of allylic oxidation sites excluding steroid dienone is 2. The second-order valence-corrected chi connectivity index (χ2v) is 3.87. The molecule has 0 aromatic rings. The average Bonchev–Trinajstić information content (AvgIpc) is 2.26. The van der Waals surface area contributed by atoms with Crippen LogP contribution in [-0.2, 0) is 9.47 Å². The highest BCUT2D eigenvalue weighted by molar-refractivity contribution is 5.71. The minimum atomic E-state index is 0.262. The van der Waals surface area contributed by atoms with E-state index in [-0.39, 0.29) is 6.10 Å². The third kappa shape index (κ3) is 4.47. The fourth-order valence-corrected chi connectivity index (χ4v) is 1.64. The van der Waals surface area contributed by atoms with Gasteiger partial charge in [0.25, 0.3) is 0 Å². The van der Waals surface area contributed by atoms with E-state index < -0.39 is 0 Å². The molecule has 1 aliphatic rings.